The first-order valence-electron chi connectivity index (χ1n) is 9.21. The number of H-pyrrole nitrogens is 1. The summed E-state index contributed by atoms with van der Waals surface area (Å²) >= 11 is 0. The highest BCUT2D eigenvalue weighted by atomic mass is 16.5. The number of rotatable bonds is 5. The lowest BCUT2D eigenvalue weighted by Gasteiger charge is -2.20. The molecule has 1 aromatic heterocycles. The first-order valence-corrected chi connectivity index (χ1v) is 9.21. The van der Waals surface area contributed by atoms with E-state index < -0.39 is 5.92 Å². The first-order chi connectivity index (χ1) is 13.5. The number of imidazole rings is 1. The van der Waals surface area contributed by atoms with E-state index in [1.54, 1.807) is 12.0 Å². The number of ether oxygens (including phenoxy) is 1. The number of methoxy groups -OCH3 is 1. The van der Waals surface area contributed by atoms with Gasteiger partial charge in [0, 0.05) is 13.0 Å². The second kappa shape index (κ2) is 7.34. The third-order valence-corrected chi connectivity index (χ3v) is 4.99. The summed E-state index contributed by atoms with van der Waals surface area (Å²) in [4.78, 5) is 34.4. The van der Waals surface area contributed by atoms with Gasteiger partial charge in [-0.2, -0.15) is 0 Å². The maximum absolute atomic E-state index is 12.6. The molecule has 2 amide bonds. The summed E-state index contributed by atoms with van der Waals surface area (Å²) in [6.45, 7) is 2.59. The lowest BCUT2D eigenvalue weighted by molar-refractivity contribution is -0.126. The molecule has 0 radical (unpaired) electrons. The second-order valence-electron chi connectivity index (χ2n) is 7.00. The lowest BCUT2D eigenvalue weighted by Crippen LogP contribution is -2.33. The van der Waals surface area contributed by atoms with Crippen LogP contribution in [0.4, 0.5) is 5.69 Å². The number of para-hydroxylation sites is 2. The van der Waals surface area contributed by atoms with Crippen molar-refractivity contribution in [1.82, 2.24) is 15.3 Å². The van der Waals surface area contributed by atoms with Gasteiger partial charge in [0.2, 0.25) is 11.8 Å². The number of fused-ring (bicyclic) bond motifs is 1. The van der Waals surface area contributed by atoms with Crippen LogP contribution in [-0.4, -0.2) is 35.4 Å². The smallest absolute Gasteiger partial charge is 0.227 e. The largest absolute Gasteiger partial charge is 0.495 e. The Morgan fingerprint density at radius 3 is 2.93 bits per heavy atom. The van der Waals surface area contributed by atoms with Crippen LogP contribution in [0.1, 0.15) is 17.8 Å². The van der Waals surface area contributed by atoms with Crippen molar-refractivity contribution in [3.63, 3.8) is 0 Å². The molecule has 0 spiro atoms. The predicted molar refractivity (Wildman–Crippen MR) is 106 cm³/mol. The molecule has 2 N–H and O–H groups in total. The van der Waals surface area contributed by atoms with Crippen LogP contribution >= 0.6 is 0 Å². The predicted octanol–water partition coefficient (Wildman–Crippen LogP) is 2.55. The molecule has 28 heavy (non-hydrogen) atoms. The first kappa shape index (κ1) is 18.0. The molecular formula is C21H22N4O3. The van der Waals surface area contributed by atoms with E-state index in [0.717, 1.165) is 16.6 Å². The van der Waals surface area contributed by atoms with Crippen LogP contribution in [0.3, 0.4) is 0 Å². The molecule has 0 saturated carbocycles. The summed E-state index contributed by atoms with van der Waals surface area (Å²) in [5.41, 5.74) is 3.53. The van der Waals surface area contributed by atoms with E-state index in [1.807, 2.05) is 49.4 Å². The summed E-state index contributed by atoms with van der Waals surface area (Å²) in [6.07, 6.45) is 0.184. The fraction of sp³-hybridized carbons (Fsp3) is 0.286. The van der Waals surface area contributed by atoms with Crippen LogP contribution < -0.4 is 15.0 Å². The van der Waals surface area contributed by atoms with Crippen molar-refractivity contribution in [2.24, 2.45) is 5.92 Å². The molecule has 0 aliphatic carbocycles. The number of aromatic amines is 1. The van der Waals surface area contributed by atoms with Gasteiger partial charge in [-0.15, -0.1) is 0 Å². The van der Waals surface area contributed by atoms with Crippen molar-refractivity contribution in [3.8, 4) is 5.75 Å². The molecular weight excluding hydrogens is 356 g/mol. The Hall–Kier alpha value is -3.35. The van der Waals surface area contributed by atoms with E-state index in [4.69, 9.17) is 4.74 Å². The Morgan fingerprint density at radius 2 is 2.14 bits per heavy atom. The van der Waals surface area contributed by atoms with Gasteiger partial charge in [0.1, 0.15) is 11.6 Å². The molecule has 144 valence electrons. The molecule has 2 aromatic carbocycles. The van der Waals surface area contributed by atoms with Crippen molar-refractivity contribution in [3.05, 3.63) is 53.9 Å². The number of carbonyl (C=O) groups excluding carboxylic acids is 2. The van der Waals surface area contributed by atoms with Gasteiger partial charge >= 0.3 is 0 Å². The average Bonchev–Trinajstić information content (AvgIpc) is 3.29. The van der Waals surface area contributed by atoms with Crippen molar-refractivity contribution in [2.45, 2.75) is 19.9 Å². The molecule has 2 heterocycles. The van der Waals surface area contributed by atoms with Gasteiger partial charge in [-0.25, -0.2) is 4.98 Å². The highest BCUT2D eigenvalue weighted by Crippen LogP contribution is 2.33. The average molecular weight is 378 g/mol. The van der Waals surface area contributed by atoms with E-state index in [9.17, 15) is 9.59 Å². The molecule has 4 rings (SSSR count). The standard InChI is InChI=1S/C21H22N4O3/c1-13-7-8-18(28-2)17(9-13)25-12-14(10-20(25)26)21(27)22-11-19-23-15-5-3-4-6-16(15)24-19/h3-9,14H,10-12H2,1-2H3,(H,22,27)(H,23,24). The number of anilines is 1. The van der Waals surface area contributed by atoms with Gasteiger partial charge in [-0.3, -0.25) is 9.59 Å². The molecule has 1 atom stereocenters. The number of hydrogen-bond acceptors (Lipinski definition) is 4. The zero-order chi connectivity index (χ0) is 19.7. The number of aryl methyl sites for hydroxylation is 1. The van der Waals surface area contributed by atoms with E-state index in [-0.39, 0.29) is 18.2 Å². The number of amides is 2. The van der Waals surface area contributed by atoms with Crippen molar-refractivity contribution < 1.29 is 14.3 Å². The third kappa shape index (κ3) is 3.43. The summed E-state index contributed by atoms with van der Waals surface area (Å²) in [5, 5.41) is 2.89. The van der Waals surface area contributed by atoms with Crippen LogP contribution in [0, 0.1) is 12.8 Å². The van der Waals surface area contributed by atoms with Crippen LogP contribution in [0.5, 0.6) is 5.75 Å². The molecule has 7 heteroatoms. The molecule has 0 bridgehead atoms. The summed E-state index contributed by atoms with van der Waals surface area (Å²) in [7, 11) is 1.58. The number of nitrogens with zero attached hydrogens (tertiary/aromatic N) is 2. The maximum Gasteiger partial charge on any atom is 0.227 e. The molecule has 1 aliphatic heterocycles. The van der Waals surface area contributed by atoms with Gasteiger partial charge in [0.25, 0.3) is 0 Å². The van der Waals surface area contributed by atoms with Crippen LogP contribution in [-0.2, 0) is 16.1 Å². The van der Waals surface area contributed by atoms with Crippen molar-refractivity contribution >= 4 is 28.5 Å². The second-order valence-corrected chi connectivity index (χ2v) is 7.00. The molecule has 7 nitrogen and oxygen atoms in total. The summed E-state index contributed by atoms with van der Waals surface area (Å²) in [6, 6.07) is 13.4. The van der Waals surface area contributed by atoms with Crippen LogP contribution in [0.25, 0.3) is 11.0 Å². The quantitative estimate of drug-likeness (QED) is 0.714. The normalized spacial score (nSPS) is 16.6. The summed E-state index contributed by atoms with van der Waals surface area (Å²) < 4.78 is 5.38. The van der Waals surface area contributed by atoms with E-state index in [2.05, 4.69) is 15.3 Å². The minimum atomic E-state index is -0.401. The Bertz CT molecular complexity index is 1010. The van der Waals surface area contributed by atoms with E-state index in [1.165, 1.54) is 0 Å². The zero-order valence-corrected chi connectivity index (χ0v) is 15.9. The van der Waals surface area contributed by atoms with E-state index >= 15 is 0 Å². The maximum atomic E-state index is 12.6. The van der Waals surface area contributed by atoms with E-state index in [0.29, 0.717) is 30.4 Å². The molecule has 3 aromatic rings. The lowest BCUT2D eigenvalue weighted by atomic mass is 10.1. The van der Waals surface area contributed by atoms with Crippen molar-refractivity contribution in [2.75, 3.05) is 18.6 Å². The Kier molecular flexibility index (Phi) is 4.73. The van der Waals surface area contributed by atoms with Gasteiger partial charge in [0.05, 0.1) is 36.3 Å². The minimum absolute atomic E-state index is 0.0761. The Morgan fingerprint density at radius 1 is 1.32 bits per heavy atom. The molecule has 1 saturated heterocycles. The van der Waals surface area contributed by atoms with Gasteiger partial charge in [-0.1, -0.05) is 18.2 Å². The Balaban J connectivity index is 1.43. The molecule has 1 unspecified atom stereocenters. The van der Waals surface area contributed by atoms with Gasteiger partial charge < -0.3 is 19.9 Å². The van der Waals surface area contributed by atoms with Crippen molar-refractivity contribution in [1.29, 1.82) is 0 Å². The van der Waals surface area contributed by atoms with Gasteiger partial charge in [0.15, 0.2) is 0 Å². The molecule has 1 aliphatic rings. The molecule has 1 fully saturated rings. The fourth-order valence-corrected chi connectivity index (χ4v) is 3.53. The van der Waals surface area contributed by atoms with Crippen LogP contribution in [0.2, 0.25) is 0 Å². The number of aromatic nitrogens is 2. The minimum Gasteiger partial charge on any atom is -0.495 e. The number of benzene rings is 2. The topological polar surface area (TPSA) is 87.3 Å². The highest BCUT2D eigenvalue weighted by molar-refractivity contribution is 6.01. The van der Waals surface area contributed by atoms with Gasteiger partial charge in [-0.05, 0) is 36.8 Å². The van der Waals surface area contributed by atoms with Crippen LogP contribution in [0.15, 0.2) is 42.5 Å². The highest BCUT2D eigenvalue weighted by Gasteiger charge is 2.36. The fourth-order valence-electron chi connectivity index (χ4n) is 3.53. The third-order valence-electron chi connectivity index (χ3n) is 4.99. The SMILES string of the molecule is COc1ccc(C)cc1N1CC(C(=O)NCc2nc3ccccc3[nH]2)CC1=O. The number of carbonyl (C=O) groups is 2. The number of nitrogens with one attached hydrogen (secondary N) is 2. The Labute approximate surface area is 162 Å². The number of hydrogen-bond donors (Lipinski definition) is 2. The summed E-state index contributed by atoms with van der Waals surface area (Å²) in [5.74, 6) is 0.691. The zero-order valence-electron chi connectivity index (χ0n) is 15.9. The monoisotopic (exact) mass is 378 g/mol.